The lowest BCUT2D eigenvalue weighted by molar-refractivity contribution is -0.671. The minimum absolute atomic E-state index is 1.03. The van der Waals surface area contributed by atoms with E-state index in [0.717, 1.165) is 88.7 Å². The summed E-state index contributed by atoms with van der Waals surface area (Å²) < 4.78 is 2.06. The van der Waals surface area contributed by atoms with E-state index in [4.69, 9.17) is 0 Å². The number of aromatic nitrogens is 5. The Balaban J connectivity index is 1.44. The maximum absolute atomic E-state index is 3.85. The van der Waals surface area contributed by atoms with Gasteiger partial charge >= 0.3 is 0 Å². The topological polar surface area (TPSA) is 67.0 Å². The highest BCUT2D eigenvalue weighted by molar-refractivity contribution is 5.84. The Morgan fingerprint density at radius 2 is 0.592 bits per heavy atom. The fourth-order valence-corrected chi connectivity index (χ4v) is 7.05. The molecule has 8 aromatic rings. The van der Waals surface area contributed by atoms with Gasteiger partial charge in [0.1, 0.15) is 7.05 Å². The third-order valence-corrected chi connectivity index (χ3v) is 9.35. The van der Waals surface area contributed by atoms with Crippen LogP contribution in [0.1, 0.15) is 45.0 Å². The van der Waals surface area contributed by atoms with Gasteiger partial charge in [-0.05, 0) is 70.8 Å². The Morgan fingerprint density at radius 3 is 0.898 bits per heavy atom. The molecule has 5 heteroatoms. The standard InChI is InChI=1S/C44H33N5/c1-49-27-25-32(26-28-49)44-39-23-21-37(47-39)42(30-13-7-3-8-14-30)35-19-17-33(45-35)41(29-11-5-2-6-12-29)34-18-20-36(46-34)43(31-15-9-4-10-16-31)38-22-24-40(44)48-38/h2-28H,1H3,(H3,45,46,47,48)/p+1. The summed E-state index contributed by atoms with van der Waals surface area (Å²) in [6.45, 7) is 0. The van der Waals surface area contributed by atoms with Crippen LogP contribution in [0.3, 0.4) is 0 Å². The number of benzene rings is 3. The lowest BCUT2D eigenvalue weighted by atomic mass is 10.0. The number of rotatable bonds is 4. The van der Waals surface area contributed by atoms with E-state index in [1.54, 1.807) is 0 Å². The molecule has 4 N–H and O–H groups in total. The molecule has 0 saturated heterocycles. The predicted octanol–water partition coefficient (Wildman–Crippen LogP) is 5.13. The lowest BCUT2D eigenvalue weighted by Crippen LogP contribution is -2.26. The van der Waals surface area contributed by atoms with Crippen LogP contribution in [0.25, 0.3) is 22.3 Å². The molecule has 0 amide bonds. The molecule has 1 aliphatic heterocycles. The van der Waals surface area contributed by atoms with Crippen molar-refractivity contribution in [3.8, 4) is 0 Å². The highest BCUT2D eigenvalue weighted by Crippen LogP contribution is 2.27. The quantitative estimate of drug-likeness (QED) is 0.195. The first-order valence-corrected chi connectivity index (χ1v) is 16.6. The van der Waals surface area contributed by atoms with Crippen molar-refractivity contribution in [2.75, 3.05) is 0 Å². The van der Waals surface area contributed by atoms with Crippen molar-refractivity contribution >= 4 is 22.3 Å². The van der Waals surface area contributed by atoms with Gasteiger partial charge in [0.25, 0.3) is 0 Å². The number of fused-ring (bicyclic) bond motifs is 8. The summed E-state index contributed by atoms with van der Waals surface area (Å²) in [5, 5.41) is 4.14. The van der Waals surface area contributed by atoms with Crippen LogP contribution < -0.4 is 26.0 Å². The highest BCUT2D eigenvalue weighted by Gasteiger charge is 2.18. The van der Waals surface area contributed by atoms with Crippen molar-refractivity contribution in [3.63, 3.8) is 0 Å². The molecule has 0 fully saturated rings. The summed E-state index contributed by atoms with van der Waals surface area (Å²) in [6.07, 6.45) is 4.19. The summed E-state index contributed by atoms with van der Waals surface area (Å²) in [6, 6.07) is 53.8. The zero-order valence-corrected chi connectivity index (χ0v) is 27.0. The van der Waals surface area contributed by atoms with Gasteiger partial charge in [0, 0.05) is 78.6 Å². The average Bonchev–Trinajstić information content (AvgIpc) is 3.98. The van der Waals surface area contributed by atoms with Gasteiger partial charge in [-0.25, -0.2) is 4.57 Å². The number of nitrogens with zero attached hydrogens (tertiary/aromatic N) is 1. The Bertz CT molecular complexity index is 2690. The second kappa shape index (κ2) is 11.9. The molecule has 5 aromatic heterocycles. The Hall–Kier alpha value is -6.59. The van der Waals surface area contributed by atoms with E-state index < -0.39 is 0 Å². The van der Waals surface area contributed by atoms with E-state index in [9.17, 15) is 0 Å². The number of hydrogen-bond acceptors (Lipinski definition) is 0. The van der Waals surface area contributed by atoms with Crippen LogP contribution >= 0.6 is 0 Å². The maximum atomic E-state index is 3.85. The van der Waals surface area contributed by atoms with Crippen molar-refractivity contribution in [1.82, 2.24) is 19.9 Å². The molecule has 1 aliphatic rings. The van der Waals surface area contributed by atoms with Gasteiger partial charge in [0.15, 0.2) is 12.4 Å². The van der Waals surface area contributed by atoms with Gasteiger partial charge in [-0.15, -0.1) is 0 Å². The molecular weight excluding hydrogens is 599 g/mol. The van der Waals surface area contributed by atoms with Crippen LogP contribution in [0.15, 0.2) is 164 Å². The van der Waals surface area contributed by atoms with Gasteiger partial charge < -0.3 is 19.9 Å². The second-order valence-electron chi connectivity index (χ2n) is 12.5. The summed E-state index contributed by atoms with van der Waals surface area (Å²) in [5.41, 5.74) is 13.1. The first-order valence-electron chi connectivity index (χ1n) is 16.6. The van der Waals surface area contributed by atoms with Gasteiger partial charge in [-0.1, -0.05) is 91.0 Å². The predicted molar refractivity (Wildman–Crippen MR) is 195 cm³/mol. The van der Waals surface area contributed by atoms with Crippen LogP contribution in [-0.4, -0.2) is 19.9 Å². The molecule has 49 heavy (non-hydrogen) atoms. The van der Waals surface area contributed by atoms with E-state index in [2.05, 4.69) is 189 Å². The minimum Gasteiger partial charge on any atom is -0.354 e. The molecule has 0 aliphatic carbocycles. The first-order chi connectivity index (χ1) is 24.2. The van der Waals surface area contributed by atoms with E-state index in [1.807, 2.05) is 7.05 Å². The van der Waals surface area contributed by atoms with Crippen LogP contribution in [0.5, 0.6) is 0 Å². The van der Waals surface area contributed by atoms with Crippen LogP contribution in [0.2, 0.25) is 0 Å². The Kier molecular flexibility index (Phi) is 6.95. The molecule has 9 rings (SSSR count). The Labute approximate surface area is 283 Å². The largest absolute Gasteiger partial charge is 0.354 e. The van der Waals surface area contributed by atoms with E-state index in [0.29, 0.717) is 0 Å². The highest BCUT2D eigenvalue weighted by atomic mass is 14.9. The van der Waals surface area contributed by atoms with Crippen molar-refractivity contribution in [3.05, 3.63) is 230 Å². The molecule has 8 bridgehead atoms. The second-order valence-corrected chi connectivity index (χ2v) is 12.5. The molecule has 5 nitrogen and oxygen atoms in total. The molecule has 0 radical (unpaired) electrons. The van der Waals surface area contributed by atoms with Crippen molar-refractivity contribution in [1.29, 1.82) is 0 Å². The van der Waals surface area contributed by atoms with E-state index >= 15 is 0 Å². The molecule has 6 heterocycles. The van der Waals surface area contributed by atoms with Crippen LogP contribution in [0, 0.1) is 0 Å². The van der Waals surface area contributed by atoms with Crippen molar-refractivity contribution in [2.45, 2.75) is 0 Å². The average molecular weight is 633 g/mol. The summed E-state index contributed by atoms with van der Waals surface area (Å²) in [5.74, 6) is 0. The Morgan fingerprint density at radius 1 is 0.306 bits per heavy atom. The summed E-state index contributed by atoms with van der Waals surface area (Å²) in [7, 11) is 2.05. The lowest BCUT2D eigenvalue weighted by Gasteiger charge is -2.09. The molecule has 0 saturated carbocycles. The van der Waals surface area contributed by atoms with E-state index in [-0.39, 0.29) is 0 Å². The maximum Gasteiger partial charge on any atom is 0.169 e. The van der Waals surface area contributed by atoms with E-state index in [1.165, 1.54) is 0 Å². The monoisotopic (exact) mass is 632 g/mol. The van der Waals surface area contributed by atoms with Crippen LogP contribution in [0.4, 0.5) is 0 Å². The smallest absolute Gasteiger partial charge is 0.169 e. The number of aryl methyl sites for hydroxylation is 1. The number of pyridine rings is 1. The molecule has 0 spiro atoms. The number of nitrogens with one attached hydrogen (secondary N) is 4. The number of aromatic amines is 4. The first kappa shape index (κ1) is 28.6. The number of hydrogen-bond donors (Lipinski definition) is 4. The fraction of sp³-hybridized carbons (Fsp3) is 0.0227. The summed E-state index contributed by atoms with van der Waals surface area (Å²) in [4.78, 5) is 15.4. The molecule has 0 atom stereocenters. The zero-order valence-electron chi connectivity index (χ0n) is 27.0. The minimum atomic E-state index is 1.03. The normalized spacial score (nSPS) is 12.8. The van der Waals surface area contributed by atoms with Gasteiger partial charge in [-0.3, -0.25) is 0 Å². The molecule has 3 aromatic carbocycles. The fourth-order valence-electron chi connectivity index (χ4n) is 7.05. The molecule has 234 valence electrons. The third kappa shape index (κ3) is 5.18. The van der Waals surface area contributed by atoms with Gasteiger partial charge in [0.05, 0.1) is 0 Å². The van der Waals surface area contributed by atoms with Crippen molar-refractivity contribution in [2.24, 2.45) is 7.05 Å². The van der Waals surface area contributed by atoms with Gasteiger partial charge in [-0.2, -0.15) is 0 Å². The van der Waals surface area contributed by atoms with Gasteiger partial charge in [0.2, 0.25) is 0 Å². The SMILES string of the molecule is C[n+]1ccc(C2=c3ccc([nH]3)=C(c3ccccc3)c3ccc([nH]3)C(c3ccccc3)=c3ccc([nH]3)=C(c3ccccc3)c3ccc2[nH]3)cc1. The third-order valence-electron chi connectivity index (χ3n) is 9.35. The zero-order chi connectivity index (χ0) is 32.7. The van der Waals surface area contributed by atoms with Crippen LogP contribution in [-0.2, 0) is 7.05 Å². The molecular formula is C44H34N5+. The number of H-pyrrole nitrogens is 4. The molecule has 0 unspecified atom stereocenters. The summed E-state index contributed by atoms with van der Waals surface area (Å²) >= 11 is 0. The van der Waals surface area contributed by atoms with Crippen molar-refractivity contribution < 1.29 is 4.57 Å².